The molecule has 0 spiro atoms. The van der Waals surface area contributed by atoms with Gasteiger partial charge in [0.15, 0.2) is 17.5 Å². The van der Waals surface area contributed by atoms with Gasteiger partial charge in [0.05, 0.1) is 13.2 Å². The first-order valence-corrected chi connectivity index (χ1v) is 11.7. The molecule has 30 heavy (non-hydrogen) atoms. The fourth-order valence-corrected chi connectivity index (χ4v) is 3.52. The minimum atomic E-state index is -2.52. The van der Waals surface area contributed by atoms with Crippen molar-refractivity contribution in [3.63, 3.8) is 0 Å². The number of esters is 1. The van der Waals surface area contributed by atoms with E-state index in [0.717, 1.165) is 64.2 Å². The molecule has 0 aromatic heterocycles. The molecule has 178 valence electrons. The van der Waals surface area contributed by atoms with Gasteiger partial charge in [0.2, 0.25) is 0 Å². The van der Waals surface area contributed by atoms with Gasteiger partial charge in [-0.25, -0.2) is 0 Å². The molecule has 0 aromatic rings. The van der Waals surface area contributed by atoms with Crippen molar-refractivity contribution in [2.24, 2.45) is 0 Å². The van der Waals surface area contributed by atoms with Crippen LogP contribution in [0.5, 0.6) is 0 Å². The maximum atomic E-state index is 12.7. The molecule has 7 nitrogen and oxygen atoms in total. The molecule has 0 saturated heterocycles. The Kier molecular flexibility index (Phi) is 17.0. The van der Waals surface area contributed by atoms with E-state index in [9.17, 15) is 30.0 Å². The van der Waals surface area contributed by atoms with E-state index in [1.807, 2.05) is 0 Å². The number of hydrogen-bond acceptors (Lipinski definition) is 7. The van der Waals surface area contributed by atoms with Crippen molar-refractivity contribution in [3.8, 4) is 0 Å². The highest BCUT2D eigenvalue weighted by Gasteiger charge is 2.51. The summed E-state index contributed by atoms with van der Waals surface area (Å²) in [6, 6.07) is 0. The van der Waals surface area contributed by atoms with Crippen LogP contribution >= 0.6 is 0 Å². The molecule has 0 heterocycles. The summed E-state index contributed by atoms with van der Waals surface area (Å²) in [5, 5.41) is 40.0. The van der Waals surface area contributed by atoms with Crippen LogP contribution in [0.1, 0.15) is 104 Å². The number of Topliss-reactive ketones (excluding diaryl/α,β-unsaturated/α-hetero) is 1. The Morgan fingerprint density at radius 3 is 1.70 bits per heavy atom. The first-order chi connectivity index (χ1) is 14.4. The van der Waals surface area contributed by atoms with E-state index in [2.05, 4.69) is 13.8 Å². The second-order valence-electron chi connectivity index (χ2n) is 8.14. The first-order valence-electron chi connectivity index (χ1n) is 11.7. The molecular weight excluding hydrogens is 388 g/mol. The molecule has 4 N–H and O–H groups in total. The van der Waals surface area contributed by atoms with Gasteiger partial charge in [-0.3, -0.25) is 9.59 Å². The lowest BCUT2D eigenvalue weighted by Crippen LogP contribution is -2.61. The van der Waals surface area contributed by atoms with E-state index in [4.69, 9.17) is 4.74 Å². The highest BCUT2D eigenvalue weighted by molar-refractivity contribution is 5.89. The van der Waals surface area contributed by atoms with Crippen LogP contribution in [0.3, 0.4) is 0 Å². The Hall–Kier alpha value is -1.02. The number of aliphatic hydroxyl groups is 4. The second-order valence-corrected chi connectivity index (χ2v) is 8.14. The van der Waals surface area contributed by atoms with Crippen LogP contribution in [0.4, 0.5) is 0 Å². The minimum absolute atomic E-state index is 0.0227. The maximum Gasteiger partial charge on any atom is 0.306 e. The van der Waals surface area contributed by atoms with Gasteiger partial charge in [-0.05, 0) is 12.8 Å². The van der Waals surface area contributed by atoms with Crippen LogP contribution in [0.2, 0.25) is 0 Å². The molecule has 3 atom stereocenters. The Balaban J connectivity index is 4.75. The lowest BCUT2D eigenvalue weighted by atomic mass is 9.83. The van der Waals surface area contributed by atoms with Crippen molar-refractivity contribution in [1.29, 1.82) is 0 Å². The summed E-state index contributed by atoms with van der Waals surface area (Å²) in [6.07, 6.45) is 8.16. The average molecular weight is 433 g/mol. The number of rotatable bonds is 20. The molecule has 0 radical (unpaired) electrons. The topological polar surface area (TPSA) is 124 Å². The molecule has 0 aliphatic rings. The highest BCUT2D eigenvalue weighted by Crippen LogP contribution is 2.24. The average Bonchev–Trinajstić information content (AvgIpc) is 2.75. The van der Waals surface area contributed by atoms with Crippen LogP contribution in [-0.4, -0.2) is 63.2 Å². The molecule has 0 aliphatic heterocycles. The molecule has 0 aromatic carbocycles. The summed E-state index contributed by atoms with van der Waals surface area (Å²) in [5.41, 5.74) is -2.52. The molecule has 0 saturated carbocycles. The monoisotopic (exact) mass is 432 g/mol. The normalized spacial score (nSPS) is 15.4. The standard InChI is InChI=1S/C23H44O7/c1-3-5-7-9-11-13-15-19(26)23(29,20(27)17-24)21(18-25)30-22(28)16-14-12-10-8-6-4-2/h20-21,24-25,27,29H,3-18H2,1-2H3/t20-,21+,23+/m0/s1. The number of ether oxygens (including phenoxy) is 1. The lowest BCUT2D eigenvalue weighted by Gasteiger charge is -2.36. The van der Waals surface area contributed by atoms with Gasteiger partial charge in [-0.2, -0.15) is 0 Å². The van der Waals surface area contributed by atoms with Gasteiger partial charge in [-0.1, -0.05) is 78.1 Å². The Bertz CT molecular complexity index is 455. The minimum Gasteiger partial charge on any atom is -0.456 e. The fraction of sp³-hybridized carbons (Fsp3) is 0.913. The summed E-state index contributed by atoms with van der Waals surface area (Å²) >= 11 is 0. The molecule has 0 bridgehead atoms. The number of carbonyl (C=O) groups excluding carboxylic acids is 2. The number of carbonyl (C=O) groups is 2. The first kappa shape index (κ1) is 29.0. The summed E-state index contributed by atoms with van der Waals surface area (Å²) in [6.45, 7) is 2.53. The molecule has 7 heteroatoms. The van der Waals surface area contributed by atoms with E-state index in [1.165, 1.54) is 0 Å². The van der Waals surface area contributed by atoms with E-state index in [-0.39, 0.29) is 12.8 Å². The predicted molar refractivity (Wildman–Crippen MR) is 116 cm³/mol. The van der Waals surface area contributed by atoms with Crippen LogP contribution in [0.15, 0.2) is 0 Å². The smallest absolute Gasteiger partial charge is 0.306 e. The zero-order valence-corrected chi connectivity index (χ0v) is 19.0. The largest absolute Gasteiger partial charge is 0.456 e. The van der Waals surface area contributed by atoms with Crippen molar-refractivity contribution < 1.29 is 34.8 Å². The highest BCUT2D eigenvalue weighted by atomic mass is 16.6. The summed E-state index contributed by atoms with van der Waals surface area (Å²) in [4.78, 5) is 24.8. The quantitative estimate of drug-likeness (QED) is 0.172. The van der Waals surface area contributed by atoms with E-state index in [1.54, 1.807) is 0 Å². The van der Waals surface area contributed by atoms with Gasteiger partial charge in [0.1, 0.15) is 6.10 Å². The molecule has 0 amide bonds. The van der Waals surface area contributed by atoms with Gasteiger partial charge < -0.3 is 25.2 Å². The zero-order valence-electron chi connectivity index (χ0n) is 19.0. The Labute approximate surface area is 181 Å². The molecule has 0 aliphatic carbocycles. The maximum absolute atomic E-state index is 12.7. The number of ketones is 1. The van der Waals surface area contributed by atoms with Crippen molar-refractivity contribution in [3.05, 3.63) is 0 Å². The zero-order chi connectivity index (χ0) is 22.8. The summed E-state index contributed by atoms with van der Waals surface area (Å²) < 4.78 is 5.17. The number of unbranched alkanes of at least 4 members (excludes halogenated alkanes) is 10. The van der Waals surface area contributed by atoms with Crippen LogP contribution < -0.4 is 0 Å². The van der Waals surface area contributed by atoms with E-state index < -0.39 is 42.8 Å². The predicted octanol–water partition coefficient (Wildman–Crippen LogP) is 3.05. The summed E-state index contributed by atoms with van der Waals surface area (Å²) in [5.74, 6) is -1.37. The number of hydrogen-bond donors (Lipinski definition) is 4. The van der Waals surface area contributed by atoms with Crippen LogP contribution in [-0.2, 0) is 14.3 Å². The lowest BCUT2D eigenvalue weighted by molar-refractivity contribution is -0.197. The van der Waals surface area contributed by atoms with Gasteiger partial charge in [0, 0.05) is 12.8 Å². The summed E-state index contributed by atoms with van der Waals surface area (Å²) in [7, 11) is 0. The van der Waals surface area contributed by atoms with Crippen LogP contribution in [0, 0.1) is 0 Å². The van der Waals surface area contributed by atoms with Gasteiger partial charge in [0.25, 0.3) is 0 Å². The van der Waals surface area contributed by atoms with Gasteiger partial charge >= 0.3 is 5.97 Å². The Morgan fingerprint density at radius 2 is 1.23 bits per heavy atom. The second kappa shape index (κ2) is 17.6. The number of aliphatic hydroxyl groups excluding tert-OH is 3. The molecular formula is C23H44O7. The molecule has 0 unspecified atom stereocenters. The third kappa shape index (κ3) is 10.8. The van der Waals surface area contributed by atoms with Crippen molar-refractivity contribution in [2.75, 3.05) is 13.2 Å². The SMILES string of the molecule is CCCCCCCCC(=O)O[C@H](CO)[C@@](O)(C(=O)CCCCCCCC)[C@@H](O)CO. The fourth-order valence-electron chi connectivity index (χ4n) is 3.52. The van der Waals surface area contributed by atoms with E-state index in [0.29, 0.717) is 12.8 Å². The van der Waals surface area contributed by atoms with Gasteiger partial charge in [-0.15, -0.1) is 0 Å². The van der Waals surface area contributed by atoms with E-state index >= 15 is 0 Å². The molecule has 0 fully saturated rings. The molecule has 0 rings (SSSR count). The van der Waals surface area contributed by atoms with Crippen molar-refractivity contribution >= 4 is 11.8 Å². The van der Waals surface area contributed by atoms with Crippen molar-refractivity contribution in [1.82, 2.24) is 0 Å². The Morgan fingerprint density at radius 1 is 0.767 bits per heavy atom. The third-order valence-electron chi connectivity index (χ3n) is 5.55. The van der Waals surface area contributed by atoms with Crippen LogP contribution in [0.25, 0.3) is 0 Å². The third-order valence-corrected chi connectivity index (χ3v) is 5.55. The van der Waals surface area contributed by atoms with Crippen molar-refractivity contribution in [2.45, 2.75) is 122 Å².